The second kappa shape index (κ2) is 4.43. The van der Waals surface area contributed by atoms with Crippen LogP contribution in [0.5, 0.6) is 0 Å². The zero-order chi connectivity index (χ0) is 10.6. The number of carboxylic acid groups (broad SMARTS) is 2. The maximum absolute atomic E-state index is 10.8. The minimum absolute atomic E-state index is 0.0150. The first kappa shape index (κ1) is 10.3. The number of carbonyl (C=O) groups is 1. The second-order valence-corrected chi connectivity index (χ2v) is 3.31. The Balaban J connectivity index is 0.000000213. The Bertz CT molecular complexity index is 447. The van der Waals surface area contributed by atoms with E-state index in [-0.39, 0.29) is 4.87 Å². The Morgan fingerprint density at radius 3 is 2.43 bits per heavy atom. The Kier molecular flexibility index (Phi) is 3.24. The van der Waals surface area contributed by atoms with Gasteiger partial charge in [-0.3, -0.25) is 4.79 Å². The van der Waals surface area contributed by atoms with Crippen molar-refractivity contribution < 1.29 is 15.0 Å². The zero-order valence-electron chi connectivity index (χ0n) is 6.93. The molecule has 5 nitrogen and oxygen atoms in total. The molecule has 0 spiro atoms. The van der Waals surface area contributed by atoms with E-state index in [0.29, 0.717) is 0 Å². The van der Waals surface area contributed by atoms with Gasteiger partial charge in [0.1, 0.15) is 0 Å². The molecule has 0 aliphatic heterocycles. The van der Waals surface area contributed by atoms with E-state index in [1.54, 1.807) is 0 Å². The summed E-state index contributed by atoms with van der Waals surface area (Å²) in [5.74, 6) is 0. The number of hydrogen-bond donors (Lipinski definition) is 3. The van der Waals surface area contributed by atoms with Crippen molar-refractivity contribution in [1.29, 1.82) is 0 Å². The summed E-state index contributed by atoms with van der Waals surface area (Å²) < 4.78 is 1.02. The molecule has 1 heterocycles. The third-order valence-electron chi connectivity index (χ3n) is 1.33. The monoisotopic (exact) mass is 213 g/mol. The minimum Gasteiger partial charge on any atom is -0.450 e. The first-order chi connectivity index (χ1) is 6.59. The number of aromatic nitrogens is 1. The molecule has 1 aromatic carbocycles. The topological polar surface area (TPSA) is 90.4 Å². The predicted molar refractivity (Wildman–Crippen MR) is 53.1 cm³/mol. The number of benzene rings is 1. The average molecular weight is 213 g/mol. The van der Waals surface area contributed by atoms with E-state index in [1.807, 2.05) is 24.3 Å². The van der Waals surface area contributed by atoms with Crippen molar-refractivity contribution in [3.63, 3.8) is 0 Å². The molecule has 2 rings (SSSR count). The zero-order valence-corrected chi connectivity index (χ0v) is 7.75. The second-order valence-electron chi connectivity index (χ2n) is 2.29. The van der Waals surface area contributed by atoms with Crippen LogP contribution in [-0.2, 0) is 0 Å². The number of nitrogens with one attached hydrogen (secondary N) is 1. The van der Waals surface area contributed by atoms with Crippen molar-refractivity contribution in [3.05, 3.63) is 33.9 Å². The van der Waals surface area contributed by atoms with E-state index in [9.17, 15) is 4.79 Å². The fourth-order valence-electron chi connectivity index (χ4n) is 0.894. The van der Waals surface area contributed by atoms with Crippen LogP contribution >= 0.6 is 11.3 Å². The summed E-state index contributed by atoms with van der Waals surface area (Å²) in [5, 5.41) is 13.9. The Morgan fingerprint density at radius 2 is 1.86 bits per heavy atom. The van der Waals surface area contributed by atoms with Crippen LogP contribution in [0.15, 0.2) is 29.1 Å². The summed E-state index contributed by atoms with van der Waals surface area (Å²) in [6.07, 6.45) is -1.83. The number of H-pyrrole nitrogens is 1. The van der Waals surface area contributed by atoms with Crippen LogP contribution in [0.2, 0.25) is 0 Å². The van der Waals surface area contributed by atoms with Crippen LogP contribution in [0.1, 0.15) is 0 Å². The molecule has 0 saturated heterocycles. The molecule has 0 aliphatic carbocycles. The molecule has 0 radical (unpaired) electrons. The van der Waals surface area contributed by atoms with Gasteiger partial charge in [-0.05, 0) is 12.1 Å². The van der Waals surface area contributed by atoms with Gasteiger partial charge in [-0.15, -0.1) is 0 Å². The van der Waals surface area contributed by atoms with Crippen molar-refractivity contribution >= 4 is 27.7 Å². The lowest BCUT2D eigenvalue weighted by Gasteiger charge is -1.81. The van der Waals surface area contributed by atoms with Crippen LogP contribution in [0.25, 0.3) is 10.2 Å². The standard InChI is InChI=1S/C7H5NOS.CH2O3/c9-7-8-5-3-1-2-4-6(5)10-7;2-1(3)4/h1-4H,(H,8,9);(H2,2,3,4). The van der Waals surface area contributed by atoms with Crippen LogP contribution in [-0.4, -0.2) is 21.4 Å². The molecule has 0 unspecified atom stereocenters. The van der Waals surface area contributed by atoms with Gasteiger partial charge in [-0.2, -0.15) is 0 Å². The normalized spacial score (nSPS) is 9.14. The van der Waals surface area contributed by atoms with E-state index < -0.39 is 6.16 Å². The van der Waals surface area contributed by atoms with E-state index >= 15 is 0 Å². The molecule has 0 aliphatic rings. The largest absolute Gasteiger partial charge is 0.503 e. The van der Waals surface area contributed by atoms with Crippen LogP contribution in [0.4, 0.5) is 4.79 Å². The molecule has 6 heteroatoms. The lowest BCUT2D eigenvalue weighted by Crippen LogP contribution is -1.89. The highest BCUT2D eigenvalue weighted by atomic mass is 32.1. The van der Waals surface area contributed by atoms with Crippen molar-refractivity contribution in [2.75, 3.05) is 0 Å². The molecule has 0 fully saturated rings. The Hall–Kier alpha value is -1.82. The molecule has 3 N–H and O–H groups in total. The lowest BCUT2D eigenvalue weighted by atomic mass is 10.3. The lowest BCUT2D eigenvalue weighted by molar-refractivity contribution is 0.137. The highest BCUT2D eigenvalue weighted by Crippen LogP contribution is 2.11. The molecule has 1 aromatic heterocycles. The summed E-state index contributed by atoms with van der Waals surface area (Å²) >= 11 is 1.24. The molecule has 14 heavy (non-hydrogen) atoms. The van der Waals surface area contributed by atoms with Crippen LogP contribution < -0.4 is 4.87 Å². The molecular formula is C8H7NO4S. The number of fused-ring (bicyclic) bond motifs is 1. The minimum atomic E-state index is -1.83. The van der Waals surface area contributed by atoms with E-state index in [1.165, 1.54) is 11.3 Å². The van der Waals surface area contributed by atoms with Gasteiger partial charge in [0.25, 0.3) is 0 Å². The predicted octanol–water partition coefficient (Wildman–Crippen LogP) is 1.81. The number of thiazole rings is 1. The number of para-hydroxylation sites is 1. The maximum Gasteiger partial charge on any atom is 0.503 e. The van der Waals surface area contributed by atoms with Gasteiger partial charge in [0.05, 0.1) is 10.2 Å². The Labute approximate surface area is 82.3 Å². The number of hydrogen-bond acceptors (Lipinski definition) is 3. The van der Waals surface area contributed by atoms with Crippen LogP contribution in [0.3, 0.4) is 0 Å². The smallest absolute Gasteiger partial charge is 0.450 e. The van der Waals surface area contributed by atoms with Crippen molar-refractivity contribution in [3.8, 4) is 0 Å². The van der Waals surface area contributed by atoms with E-state index in [4.69, 9.17) is 15.0 Å². The molecule has 2 aromatic rings. The van der Waals surface area contributed by atoms with Gasteiger partial charge in [-0.1, -0.05) is 23.5 Å². The molecule has 0 atom stereocenters. The van der Waals surface area contributed by atoms with E-state index in [0.717, 1.165) is 10.2 Å². The fourth-order valence-corrected chi connectivity index (χ4v) is 1.63. The quantitative estimate of drug-likeness (QED) is 0.622. The molecule has 0 amide bonds. The first-order valence-electron chi connectivity index (χ1n) is 3.59. The van der Waals surface area contributed by atoms with Gasteiger partial charge < -0.3 is 15.2 Å². The van der Waals surface area contributed by atoms with E-state index in [2.05, 4.69) is 4.98 Å². The van der Waals surface area contributed by atoms with Crippen molar-refractivity contribution in [2.24, 2.45) is 0 Å². The van der Waals surface area contributed by atoms with Crippen molar-refractivity contribution in [2.45, 2.75) is 0 Å². The summed E-state index contributed by atoms with van der Waals surface area (Å²) in [6, 6.07) is 7.65. The third kappa shape index (κ3) is 2.91. The summed E-state index contributed by atoms with van der Waals surface area (Å²) in [5.41, 5.74) is 0.928. The first-order valence-corrected chi connectivity index (χ1v) is 4.41. The summed E-state index contributed by atoms with van der Waals surface area (Å²) in [4.78, 5) is 22.0. The van der Waals surface area contributed by atoms with Gasteiger partial charge in [0.2, 0.25) is 0 Å². The maximum atomic E-state index is 10.8. The number of rotatable bonds is 0. The van der Waals surface area contributed by atoms with Crippen molar-refractivity contribution in [1.82, 2.24) is 4.98 Å². The summed E-state index contributed by atoms with van der Waals surface area (Å²) in [7, 11) is 0. The average Bonchev–Trinajstić information content (AvgIpc) is 2.42. The highest BCUT2D eigenvalue weighted by Gasteiger charge is 1.93. The van der Waals surface area contributed by atoms with Gasteiger partial charge >= 0.3 is 11.0 Å². The number of aromatic amines is 1. The highest BCUT2D eigenvalue weighted by molar-refractivity contribution is 7.16. The van der Waals surface area contributed by atoms with Crippen LogP contribution in [0, 0.1) is 0 Å². The molecule has 74 valence electrons. The fraction of sp³-hybridized carbons (Fsp3) is 0. The van der Waals surface area contributed by atoms with Gasteiger partial charge in [0, 0.05) is 0 Å². The Morgan fingerprint density at radius 1 is 1.29 bits per heavy atom. The van der Waals surface area contributed by atoms with Gasteiger partial charge in [-0.25, -0.2) is 4.79 Å². The SMILES string of the molecule is O=C(O)O.O=c1[nH]c2ccccc2s1. The molecule has 0 saturated carbocycles. The summed E-state index contributed by atoms with van der Waals surface area (Å²) in [6.45, 7) is 0. The molecule has 0 bridgehead atoms. The third-order valence-corrected chi connectivity index (χ3v) is 2.19. The van der Waals surface area contributed by atoms with Gasteiger partial charge in [0.15, 0.2) is 0 Å². The molecular weight excluding hydrogens is 206 g/mol.